The molecule has 2 atom stereocenters. The van der Waals surface area contributed by atoms with E-state index in [1.165, 1.54) is 17.3 Å². The number of quaternary nitrogens is 1. The van der Waals surface area contributed by atoms with Crippen LogP contribution in [0.5, 0.6) is 0 Å². The van der Waals surface area contributed by atoms with Gasteiger partial charge < -0.3 is 5.21 Å². The Hall–Kier alpha value is -0.840. The molecule has 0 spiro atoms. The Bertz CT molecular complexity index is 350. The zero-order valence-corrected chi connectivity index (χ0v) is 8.64. The third-order valence-corrected chi connectivity index (χ3v) is 3.45. The van der Waals surface area contributed by atoms with Gasteiger partial charge in [-0.2, -0.15) is 0 Å². The van der Waals surface area contributed by atoms with E-state index < -0.39 is 0 Å². The summed E-state index contributed by atoms with van der Waals surface area (Å²) in [6.45, 7) is 2.02. The fraction of sp³-hybridized carbons (Fsp3) is 0.300. The maximum Gasteiger partial charge on any atom is 0.319 e. The van der Waals surface area contributed by atoms with Crippen molar-refractivity contribution in [3.63, 3.8) is 0 Å². The van der Waals surface area contributed by atoms with Gasteiger partial charge in [-0.3, -0.25) is 5.06 Å². The highest BCUT2D eigenvalue weighted by Gasteiger charge is 2.37. The third-order valence-electron chi connectivity index (χ3n) is 2.24. The van der Waals surface area contributed by atoms with Crippen molar-refractivity contribution >= 4 is 17.7 Å². The molecule has 0 aromatic heterocycles. The van der Waals surface area contributed by atoms with E-state index >= 15 is 0 Å². The first-order chi connectivity index (χ1) is 6.66. The van der Waals surface area contributed by atoms with Crippen molar-refractivity contribution < 1.29 is 9.86 Å². The standard InChI is InChI=1S/C10H11NO2S/c1-7-2-4-8(5-3-7)14-10-6-9(12)11(10)13/h2-5,10-11H,6H2,1H3. The van der Waals surface area contributed by atoms with Crippen molar-refractivity contribution in [2.75, 3.05) is 0 Å². The smallest absolute Gasteiger partial charge is 0.319 e. The summed E-state index contributed by atoms with van der Waals surface area (Å²) in [5.41, 5.74) is 1.20. The highest BCUT2D eigenvalue weighted by Crippen LogP contribution is 2.24. The summed E-state index contributed by atoms with van der Waals surface area (Å²) in [6.07, 6.45) is 0.400. The maximum atomic E-state index is 11.1. The summed E-state index contributed by atoms with van der Waals surface area (Å²) < 4.78 is 0. The Morgan fingerprint density at radius 1 is 1.43 bits per heavy atom. The summed E-state index contributed by atoms with van der Waals surface area (Å²) in [4.78, 5) is 11.8. The third kappa shape index (κ3) is 1.82. The number of β-lactam (4-membered cyclic amide) rings is 1. The van der Waals surface area contributed by atoms with Crippen molar-refractivity contribution in [1.82, 2.24) is 0 Å². The molecule has 1 N–H and O–H groups in total. The molecule has 1 aromatic carbocycles. The molecule has 0 radical (unpaired) electrons. The number of amides is 1. The SMILES string of the molecule is Cc1ccc(SC2CC(=O)[NH+]2[O-])cc1. The molecule has 14 heavy (non-hydrogen) atoms. The van der Waals surface area contributed by atoms with Crippen molar-refractivity contribution in [3.05, 3.63) is 35.0 Å². The molecule has 0 bridgehead atoms. The molecule has 1 aliphatic rings. The van der Waals surface area contributed by atoms with E-state index in [1.807, 2.05) is 31.2 Å². The van der Waals surface area contributed by atoms with Gasteiger partial charge in [0, 0.05) is 4.90 Å². The molecule has 1 fully saturated rings. The predicted molar refractivity (Wildman–Crippen MR) is 54.8 cm³/mol. The van der Waals surface area contributed by atoms with Gasteiger partial charge in [0.1, 0.15) is 6.42 Å². The molecule has 74 valence electrons. The van der Waals surface area contributed by atoms with Crippen LogP contribution in [0.25, 0.3) is 0 Å². The fourth-order valence-corrected chi connectivity index (χ4v) is 2.38. The van der Waals surface area contributed by atoms with Gasteiger partial charge in [-0.25, -0.2) is 4.79 Å². The number of rotatable bonds is 2. The molecular weight excluding hydrogens is 198 g/mol. The topological polar surface area (TPSA) is 44.6 Å². The van der Waals surface area contributed by atoms with Gasteiger partial charge in [0.05, 0.1) is 0 Å². The van der Waals surface area contributed by atoms with Crippen LogP contribution in [-0.4, -0.2) is 11.3 Å². The van der Waals surface area contributed by atoms with E-state index in [4.69, 9.17) is 0 Å². The number of hydrogen-bond donors (Lipinski definition) is 1. The van der Waals surface area contributed by atoms with E-state index in [0.29, 0.717) is 6.42 Å². The quantitative estimate of drug-likeness (QED) is 0.577. The number of carbonyl (C=O) groups is 1. The van der Waals surface area contributed by atoms with Gasteiger partial charge >= 0.3 is 5.91 Å². The van der Waals surface area contributed by atoms with Gasteiger partial charge in [-0.1, -0.05) is 29.5 Å². The number of thioether (sulfide) groups is 1. The summed E-state index contributed by atoms with van der Waals surface area (Å²) in [7, 11) is 0. The molecule has 2 rings (SSSR count). The Morgan fingerprint density at radius 2 is 2.07 bits per heavy atom. The summed E-state index contributed by atoms with van der Waals surface area (Å²) in [6, 6.07) is 7.98. The van der Waals surface area contributed by atoms with E-state index in [9.17, 15) is 10.0 Å². The van der Waals surface area contributed by atoms with Gasteiger partial charge in [0.2, 0.25) is 0 Å². The minimum Gasteiger partial charge on any atom is -0.626 e. The Kier molecular flexibility index (Phi) is 2.58. The van der Waals surface area contributed by atoms with Crippen molar-refractivity contribution in [2.45, 2.75) is 23.6 Å². The zero-order valence-electron chi connectivity index (χ0n) is 7.82. The number of benzene rings is 1. The largest absolute Gasteiger partial charge is 0.626 e. The molecule has 2 unspecified atom stereocenters. The molecular formula is C10H11NO2S. The average molecular weight is 209 g/mol. The monoisotopic (exact) mass is 209 g/mol. The summed E-state index contributed by atoms with van der Waals surface area (Å²) in [5.74, 6) is -0.227. The fourth-order valence-electron chi connectivity index (χ4n) is 1.29. The molecule has 3 nitrogen and oxygen atoms in total. The lowest BCUT2D eigenvalue weighted by atomic mass is 10.2. The van der Waals surface area contributed by atoms with E-state index in [2.05, 4.69) is 0 Å². The lowest BCUT2D eigenvalue weighted by molar-refractivity contribution is -0.807. The number of nitrogens with one attached hydrogen (secondary N) is 1. The lowest BCUT2D eigenvalue weighted by Gasteiger charge is -2.36. The van der Waals surface area contributed by atoms with Gasteiger partial charge in [-0.05, 0) is 19.1 Å². The number of hydrogen-bond acceptors (Lipinski definition) is 3. The second-order valence-electron chi connectivity index (χ2n) is 3.41. The van der Waals surface area contributed by atoms with Crippen molar-refractivity contribution in [1.29, 1.82) is 0 Å². The van der Waals surface area contributed by atoms with Crippen LogP contribution in [-0.2, 0) is 4.79 Å². The Morgan fingerprint density at radius 3 is 2.57 bits per heavy atom. The average Bonchev–Trinajstić information content (AvgIpc) is 2.20. The second kappa shape index (κ2) is 3.73. The molecule has 1 amide bonds. The normalized spacial score (nSPS) is 26.0. The van der Waals surface area contributed by atoms with Crippen LogP contribution in [0, 0.1) is 12.1 Å². The van der Waals surface area contributed by atoms with E-state index in [-0.39, 0.29) is 16.3 Å². The zero-order chi connectivity index (χ0) is 10.1. The number of aryl methyl sites for hydroxylation is 1. The molecule has 1 aliphatic heterocycles. The van der Waals surface area contributed by atoms with Crippen LogP contribution in [0.3, 0.4) is 0 Å². The summed E-state index contributed by atoms with van der Waals surface area (Å²) >= 11 is 1.48. The van der Waals surface area contributed by atoms with Crippen LogP contribution in [0.4, 0.5) is 0 Å². The summed E-state index contributed by atoms with van der Waals surface area (Å²) in [5, 5.41) is 10.7. The van der Waals surface area contributed by atoms with Crippen LogP contribution < -0.4 is 5.06 Å². The first kappa shape index (κ1) is 9.71. The number of carbonyl (C=O) groups excluding carboxylic acids is 1. The molecule has 4 heteroatoms. The van der Waals surface area contributed by atoms with Crippen LogP contribution in [0.15, 0.2) is 29.2 Å². The highest BCUT2D eigenvalue weighted by atomic mass is 32.2. The second-order valence-corrected chi connectivity index (χ2v) is 4.69. The van der Waals surface area contributed by atoms with Gasteiger partial charge in [0.25, 0.3) is 0 Å². The first-order valence-electron chi connectivity index (χ1n) is 4.47. The van der Waals surface area contributed by atoms with Crippen molar-refractivity contribution in [2.24, 2.45) is 0 Å². The maximum absolute atomic E-state index is 11.1. The van der Waals surface area contributed by atoms with Crippen LogP contribution in [0.1, 0.15) is 12.0 Å². The molecule has 1 aromatic rings. The van der Waals surface area contributed by atoms with Gasteiger partial charge in [0.15, 0.2) is 5.37 Å². The lowest BCUT2D eigenvalue weighted by Crippen LogP contribution is -3.20. The van der Waals surface area contributed by atoms with E-state index in [1.54, 1.807) is 0 Å². The first-order valence-corrected chi connectivity index (χ1v) is 5.35. The minimum atomic E-state index is -0.227. The number of hydroxylamine groups is 2. The van der Waals surface area contributed by atoms with Crippen LogP contribution >= 0.6 is 11.8 Å². The molecule has 1 saturated heterocycles. The van der Waals surface area contributed by atoms with Crippen molar-refractivity contribution in [3.8, 4) is 0 Å². The van der Waals surface area contributed by atoms with Gasteiger partial charge in [-0.15, -0.1) is 0 Å². The molecule has 0 saturated carbocycles. The van der Waals surface area contributed by atoms with E-state index in [0.717, 1.165) is 4.90 Å². The van der Waals surface area contributed by atoms with Crippen LogP contribution in [0.2, 0.25) is 0 Å². The minimum absolute atomic E-state index is 0.134. The Labute approximate surface area is 86.7 Å². The molecule has 0 aliphatic carbocycles. The highest BCUT2D eigenvalue weighted by molar-refractivity contribution is 7.99. The molecule has 1 heterocycles. The Balaban J connectivity index is 1.98. The predicted octanol–water partition coefficient (Wildman–Crippen LogP) is 0.726.